The van der Waals surface area contributed by atoms with Gasteiger partial charge in [-0.15, -0.1) is 10.2 Å². The van der Waals surface area contributed by atoms with Gasteiger partial charge >= 0.3 is 0 Å². The number of hydrogen-bond acceptors (Lipinski definition) is 8. The van der Waals surface area contributed by atoms with Gasteiger partial charge in [0.05, 0.1) is 7.11 Å². The summed E-state index contributed by atoms with van der Waals surface area (Å²) in [6.07, 6.45) is 3.73. The normalized spacial score (nSPS) is 16.6. The summed E-state index contributed by atoms with van der Waals surface area (Å²) in [5, 5.41) is 14.3. The molecule has 1 aliphatic heterocycles. The van der Waals surface area contributed by atoms with Crippen molar-refractivity contribution in [2.24, 2.45) is 0 Å². The van der Waals surface area contributed by atoms with E-state index in [4.69, 9.17) is 9.47 Å². The highest BCUT2D eigenvalue weighted by molar-refractivity contribution is 7.13. The molecule has 2 N–H and O–H groups in total. The second-order valence-electron chi connectivity index (χ2n) is 7.41. The minimum atomic E-state index is -0.349. The van der Waals surface area contributed by atoms with Crippen LogP contribution in [0.5, 0.6) is 5.75 Å². The van der Waals surface area contributed by atoms with Crippen LogP contribution in [0.25, 0.3) is 0 Å². The van der Waals surface area contributed by atoms with Crippen LogP contribution in [-0.2, 0) is 16.1 Å². The van der Waals surface area contributed by atoms with Crippen LogP contribution < -0.4 is 15.4 Å². The van der Waals surface area contributed by atoms with E-state index >= 15 is 0 Å². The first-order valence-electron chi connectivity index (χ1n) is 10.4. The third-order valence-electron chi connectivity index (χ3n) is 5.13. The van der Waals surface area contributed by atoms with E-state index in [0.29, 0.717) is 29.0 Å². The Morgan fingerprint density at radius 2 is 2.03 bits per heavy atom. The molecule has 31 heavy (non-hydrogen) atoms. The Labute approximate surface area is 186 Å². The molecule has 1 aliphatic rings. The van der Waals surface area contributed by atoms with Crippen molar-refractivity contribution in [3.8, 4) is 5.75 Å². The Balaban J connectivity index is 1.34. The fourth-order valence-corrected chi connectivity index (χ4v) is 4.05. The summed E-state index contributed by atoms with van der Waals surface area (Å²) in [6, 6.07) is 7.58. The molecule has 0 aliphatic carbocycles. The second-order valence-corrected chi connectivity index (χ2v) is 8.47. The number of rotatable bonds is 10. The Morgan fingerprint density at radius 1 is 1.23 bits per heavy atom. The number of benzene rings is 1. The quantitative estimate of drug-likeness (QED) is 0.576. The van der Waals surface area contributed by atoms with E-state index in [1.54, 1.807) is 31.4 Å². The van der Waals surface area contributed by atoms with Crippen LogP contribution in [0.4, 0.5) is 5.69 Å². The van der Waals surface area contributed by atoms with Crippen LogP contribution in [0.15, 0.2) is 24.3 Å². The van der Waals surface area contributed by atoms with Crippen molar-refractivity contribution < 1.29 is 19.1 Å². The molecule has 0 radical (unpaired) electrons. The smallest absolute Gasteiger partial charge is 0.286 e. The highest BCUT2D eigenvalue weighted by atomic mass is 32.1. The van der Waals surface area contributed by atoms with Gasteiger partial charge in [-0.1, -0.05) is 17.8 Å². The van der Waals surface area contributed by atoms with E-state index < -0.39 is 0 Å². The van der Waals surface area contributed by atoms with Crippen molar-refractivity contribution >= 4 is 28.8 Å². The van der Waals surface area contributed by atoms with Gasteiger partial charge in [-0.25, -0.2) is 0 Å². The molecule has 1 saturated heterocycles. The van der Waals surface area contributed by atoms with Gasteiger partial charge in [-0.05, 0) is 50.6 Å². The predicted octanol–water partition coefficient (Wildman–Crippen LogP) is 2.31. The van der Waals surface area contributed by atoms with E-state index in [1.165, 1.54) is 19.3 Å². The first kappa shape index (κ1) is 23.1. The van der Waals surface area contributed by atoms with E-state index in [-0.39, 0.29) is 30.0 Å². The third kappa shape index (κ3) is 7.27. The Morgan fingerprint density at radius 3 is 2.77 bits per heavy atom. The lowest BCUT2D eigenvalue weighted by atomic mass is 10.0. The van der Waals surface area contributed by atoms with Gasteiger partial charge in [0.1, 0.15) is 24.0 Å². The lowest BCUT2D eigenvalue weighted by Gasteiger charge is -2.33. The molecule has 0 bridgehead atoms. The molecule has 1 aromatic carbocycles. The Bertz CT molecular complexity index is 858. The fraction of sp³-hybridized carbons (Fsp3) is 0.524. The number of hydrogen-bond donors (Lipinski definition) is 2. The molecule has 3 rings (SSSR count). The topological polar surface area (TPSA) is 106 Å². The first-order chi connectivity index (χ1) is 15.0. The largest absolute Gasteiger partial charge is 0.497 e. The summed E-state index contributed by atoms with van der Waals surface area (Å²) in [4.78, 5) is 26.7. The minimum Gasteiger partial charge on any atom is -0.497 e. The monoisotopic (exact) mass is 447 g/mol. The molecule has 2 aromatic rings. The summed E-state index contributed by atoms with van der Waals surface area (Å²) < 4.78 is 10.5. The molecule has 0 saturated carbocycles. The number of carbonyl (C=O) groups is 2. The first-order valence-corrected chi connectivity index (χ1v) is 11.2. The van der Waals surface area contributed by atoms with E-state index in [0.717, 1.165) is 24.4 Å². The summed E-state index contributed by atoms with van der Waals surface area (Å²) >= 11 is 1.13. The van der Waals surface area contributed by atoms with Crippen LogP contribution in [-0.4, -0.2) is 66.3 Å². The van der Waals surface area contributed by atoms with E-state index in [9.17, 15) is 9.59 Å². The zero-order valence-corrected chi connectivity index (χ0v) is 18.7. The summed E-state index contributed by atoms with van der Waals surface area (Å²) in [5.41, 5.74) is 0.634. The standard InChI is InChI=1S/C21H29N5O4S/c1-15-5-3-4-11-26(15)12-10-22-18(27)13-30-14-19-24-25-21(31-19)20(28)23-16-6-8-17(29-2)9-7-16/h6-9,15H,3-5,10-14H2,1-2H3,(H,22,27)(H,23,28)/t15-/m0/s1. The highest BCUT2D eigenvalue weighted by Crippen LogP contribution is 2.18. The zero-order valence-electron chi connectivity index (χ0n) is 17.9. The third-order valence-corrected chi connectivity index (χ3v) is 6.02. The molecule has 1 fully saturated rings. The number of nitrogens with one attached hydrogen (secondary N) is 2. The molecule has 2 heterocycles. The number of carbonyl (C=O) groups excluding carboxylic acids is 2. The van der Waals surface area contributed by atoms with E-state index in [2.05, 4.69) is 32.7 Å². The van der Waals surface area contributed by atoms with Crippen LogP contribution in [0, 0.1) is 0 Å². The number of amides is 2. The van der Waals surface area contributed by atoms with Crippen molar-refractivity contribution in [3.05, 3.63) is 34.3 Å². The molecule has 10 heteroatoms. The molecule has 0 spiro atoms. The number of likely N-dealkylation sites (tertiary alicyclic amines) is 1. The number of ether oxygens (including phenoxy) is 2. The zero-order chi connectivity index (χ0) is 22.1. The van der Waals surface area contributed by atoms with Crippen molar-refractivity contribution in [1.29, 1.82) is 0 Å². The van der Waals surface area contributed by atoms with Gasteiger partial charge in [-0.2, -0.15) is 0 Å². The number of nitrogens with zero attached hydrogens (tertiary/aromatic N) is 3. The van der Waals surface area contributed by atoms with Gasteiger partial charge in [0.15, 0.2) is 0 Å². The maximum Gasteiger partial charge on any atom is 0.286 e. The van der Waals surface area contributed by atoms with Crippen LogP contribution in [0.2, 0.25) is 0 Å². The van der Waals surface area contributed by atoms with Crippen LogP contribution in [0.3, 0.4) is 0 Å². The average Bonchev–Trinajstić information content (AvgIpc) is 3.25. The molecule has 0 unspecified atom stereocenters. The molecular weight excluding hydrogens is 418 g/mol. The van der Waals surface area contributed by atoms with Crippen LogP contribution >= 0.6 is 11.3 Å². The molecule has 1 atom stereocenters. The molecule has 9 nitrogen and oxygen atoms in total. The number of methoxy groups -OCH3 is 1. The maximum atomic E-state index is 12.3. The van der Waals surface area contributed by atoms with E-state index in [1.807, 2.05) is 0 Å². The Hall–Kier alpha value is -2.56. The van der Waals surface area contributed by atoms with Crippen molar-refractivity contribution in [1.82, 2.24) is 20.4 Å². The predicted molar refractivity (Wildman–Crippen MR) is 118 cm³/mol. The van der Waals surface area contributed by atoms with Crippen molar-refractivity contribution in [3.63, 3.8) is 0 Å². The molecule has 168 valence electrons. The number of piperidine rings is 1. The summed E-state index contributed by atoms with van der Waals surface area (Å²) in [6.45, 7) is 4.88. The highest BCUT2D eigenvalue weighted by Gasteiger charge is 2.18. The fourth-order valence-electron chi connectivity index (χ4n) is 3.37. The van der Waals surface area contributed by atoms with Gasteiger partial charge < -0.3 is 20.1 Å². The van der Waals surface area contributed by atoms with Crippen LogP contribution in [0.1, 0.15) is 41.0 Å². The lowest BCUT2D eigenvalue weighted by Crippen LogP contribution is -2.43. The molecular formula is C21H29N5O4S. The summed E-state index contributed by atoms with van der Waals surface area (Å²) in [7, 11) is 1.58. The summed E-state index contributed by atoms with van der Waals surface area (Å²) in [5.74, 6) is 0.198. The SMILES string of the molecule is COc1ccc(NC(=O)c2nnc(COCC(=O)NCCN3CCCC[C@@H]3C)s2)cc1. The molecule has 2 amide bonds. The van der Waals surface area contributed by atoms with Crippen molar-refractivity contribution in [2.45, 2.75) is 38.8 Å². The molecule has 1 aromatic heterocycles. The number of anilines is 1. The lowest BCUT2D eigenvalue weighted by molar-refractivity contribution is -0.126. The van der Waals surface area contributed by atoms with Gasteiger partial charge in [-0.3, -0.25) is 14.5 Å². The number of aromatic nitrogens is 2. The average molecular weight is 448 g/mol. The second kappa shape index (κ2) is 11.7. The van der Waals surface area contributed by atoms with Crippen molar-refractivity contribution in [2.75, 3.05) is 38.7 Å². The van der Waals surface area contributed by atoms with Gasteiger partial charge in [0, 0.05) is 24.8 Å². The van der Waals surface area contributed by atoms with Gasteiger partial charge in [0.2, 0.25) is 10.9 Å². The van der Waals surface area contributed by atoms with Gasteiger partial charge in [0.25, 0.3) is 5.91 Å². The minimum absolute atomic E-state index is 0.0531. The Kier molecular flexibility index (Phi) is 8.74. The maximum absolute atomic E-state index is 12.3.